The lowest BCUT2D eigenvalue weighted by atomic mass is 10.1. The smallest absolute Gasteiger partial charge is 0.273 e. The van der Waals surface area contributed by atoms with Gasteiger partial charge in [-0.2, -0.15) is 0 Å². The van der Waals surface area contributed by atoms with E-state index in [0.717, 1.165) is 49.8 Å². The first-order valence-electron chi connectivity index (χ1n) is 11.6. The van der Waals surface area contributed by atoms with E-state index < -0.39 is 0 Å². The standard InChI is InChI=1S/C26H44N2O3/c1-10-14-19(5)24(17-13-4)28-26(29)23(9)27-25(31-21(7)16-12-3)18-22(8)30-20(6)15-11-2/h13,17-18,20-21H,9-12,14-16H2,1-8H3,(H,28,29)/b17-13-,22-18+,24-19?,27-25?. The largest absolute Gasteiger partial charge is 0.495 e. The van der Waals surface area contributed by atoms with Crippen LogP contribution in [0.4, 0.5) is 0 Å². The molecule has 0 spiro atoms. The Morgan fingerprint density at radius 2 is 1.61 bits per heavy atom. The summed E-state index contributed by atoms with van der Waals surface area (Å²) in [6.07, 6.45) is 11.5. The van der Waals surface area contributed by atoms with Crippen LogP contribution in [0, 0.1) is 0 Å². The highest BCUT2D eigenvalue weighted by Gasteiger charge is 2.13. The molecule has 0 aromatic rings. The summed E-state index contributed by atoms with van der Waals surface area (Å²) in [7, 11) is 0. The minimum absolute atomic E-state index is 0.0259. The van der Waals surface area contributed by atoms with Crippen molar-refractivity contribution in [3.8, 4) is 0 Å². The number of hydrogen-bond acceptors (Lipinski definition) is 4. The molecule has 5 heteroatoms. The third-order valence-corrected chi connectivity index (χ3v) is 4.60. The topological polar surface area (TPSA) is 59.9 Å². The Labute approximate surface area is 190 Å². The summed E-state index contributed by atoms with van der Waals surface area (Å²) in [5.74, 6) is 0.688. The van der Waals surface area contributed by atoms with Crippen LogP contribution in [0.1, 0.15) is 93.9 Å². The number of rotatable bonds is 14. The van der Waals surface area contributed by atoms with Crippen LogP contribution in [0.5, 0.6) is 0 Å². The van der Waals surface area contributed by atoms with Gasteiger partial charge in [0.25, 0.3) is 5.91 Å². The van der Waals surface area contributed by atoms with E-state index in [-0.39, 0.29) is 23.8 Å². The van der Waals surface area contributed by atoms with Gasteiger partial charge >= 0.3 is 0 Å². The summed E-state index contributed by atoms with van der Waals surface area (Å²) in [6.45, 7) is 20.1. The van der Waals surface area contributed by atoms with Gasteiger partial charge < -0.3 is 14.8 Å². The molecular formula is C26H44N2O3. The molecule has 1 amide bonds. The molecule has 0 saturated heterocycles. The number of hydrogen-bond donors (Lipinski definition) is 1. The number of nitrogens with one attached hydrogen (secondary N) is 1. The van der Waals surface area contributed by atoms with Crippen molar-refractivity contribution in [2.75, 3.05) is 0 Å². The van der Waals surface area contributed by atoms with Gasteiger partial charge in [0.05, 0.1) is 18.0 Å². The van der Waals surface area contributed by atoms with Gasteiger partial charge in [-0.25, -0.2) is 4.99 Å². The Morgan fingerprint density at radius 3 is 2.13 bits per heavy atom. The number of carbonyl (C=O) groups is 1. The van der Waals surface area contributed by atoms with E-state index >= 15 is 0 Å². The van der Waals surface area contributed by atoms with E-state index in [1.54, 1.807) is 6.08 Å². The van der Waals surface area contributed by atoms with E-state index in [0.29, 0.717) is 11.7 Å². The van der Waals surface area contributed by atoms with Crippen LogP contribution in [0.3, 0.4) is 0 Å². The zero-order valence-corrected chi connectivity index (χ0v) is 21.0. The van der Waals surface area contributed by atoms with Gasteiger partial charge in [-0.15, -0.1) is 0 Å². The summed E-state index contributed by atoms with van der Waals surface area (Å²) in [5, 5.41) is 2.93. The number of amides is 1. The minimum Gasteiger partial charge on any atom is -0.495 e. The molecule has 2 atom stereocenters. The van der Waals surface area contributed by atoms with Crippen molar-refractivity contribution in [3.63, 3.8) is 0 Å². The molecule has 0 aromatic carbocycles. The maximum Gasteiger partial charge on any atom is 0.273 e. The molecule has 2 unspecified atom stereocenters. The Balaban J connectivity index is 5.63. The maximum atomic E-state index is 12.7. The molecule has 5 nitrogen and oxygen atoms in total. The Hall–Kier alpha value is -2.30. The molecule has 0 heterocycles. The summed E-state index contributed by atoms with van der Waals surface area (Å²) >= 11 is 0. The molecule has 0 rings (SSSR count). The summed E-state index contributed by atoms with van der Waals surface area (Å²) in [4.78, 5) is 17.1. The molecule has 0 aliphatic rings. The van der Waals surface area contributed by atoms with Crippen LogP contribution >= 0.6 is 0 Å². The second-order valence-corrected chi connectivity index (χ2v) is 7.98. The predicted octanol–water partition coefficient (Wildman–Crippen LogP) is 6.98. The molecule has 0 aromatic heterocycles. The molecular weight excluding hydrogens is 388 g/mol. The molecule has 176 valence electrons. The first kappa shape index (κ1) is 28.7. The van der Waals surface area contributed by atoms with Gasteiger partial charge in [-0.05, 0) is 65.5 Å². The van der Waals surface area contributed by atoms with E-state index in [1.165, 1.54) is 0 Å². The van der Waals surface area contributed by atoms with Crippen molar-refractivity contribution in [2.45, 2.75) is 106 Å². The molecule has 0 aliphatic carbocycles. The van der Waals surface area contributed by atoms with Crippen LogP contribution in [-0.2, 0) is 14.3 Å². The molecule has 0 aliphatic heterocycles. The highest BCUT2D eigenvalue weighted by Crippen LogP contribution is 2.13. The van der Waals surface area contributed by atoms with Crippen LogP contribution < -0.4 is 5.32 Å². The SMILES string of the molecule is C=C(N=C(/C=C(\C)OC(C)CCC)OC(C)CCC)C(=O)NC(/C=C\C)=C(C)CCC. The maximum absolute atomic E-state index is 12.7. The summed E-state index contributed by atoms with van der Waals surface area (Å²) in [6, 6.07) is 0. The van der Waals surface area contributed by atoms with Crippen molar-refractivity contribution in [1.82, 2.24) is 5.32 Å². The fraction of sp³-hybridized carbons (Fsp3) is 0.615. The first-order chi connectivity index (χ1) is 14.7. The first-order valence-corrected chi connectivity index (χ1v) is 11.6. The summed E-state index contributed by atoms with van der Waals surface area (Å²) < 4.78 is 11.9. The van der Waals surface area contributed by atoms with Gasteiger partial charge in [-0.1, -0.05) is 52.7 Å². The van der Waals surface area contributed by atoms with E-state index in [1.807, 2.05) is 46.8 Å². The lowest BCUT2D eigenvalue weighted by molar-refractivity contribution is -0.116. The van der Waals surface area contributed by atoms with Crippen molar-refractivity contribution >= 4 is 11.8 Å². The quantitative estimate of drug-likeness (QED) is 0.106. The summed E-state index contributed by atoms with van der Waals surface area (Å²) in [5.41, 5.74) is 2.00. The number of aliphatic imine (C=N–C) groups is 1. The number of ether oxygens (including phenoxy) is 2. The molecule has 0 bridgehead atoms. The molecule has 1 N–H and O–H groups in total. The van der Waals surface area contributed by atoms with Gasteiger partial charge in [0.1, 0.15) is 5.70 Å². The Morgan fingerprint density at radius 1 is 1.03 bits per heavy atom. The second-order valence-electron chi connectivity index (χ2n) is 7.98. The van der Waals surface area contributed by atoms with Crippen molar-refractivity contribution in [1.29, 1.82) is 0 Å². The van der Waals surface area contributed by atoms with Crippen LogP contribution in [-0.4, -0.2) is 24.0 Å². The van der Waals surface area contributed by atoms with Crippen LogP contribution in [0.25, 0.3) is 0 Å². The van der Waals surface area contributed by atoms with E-state index in [2.05, 4.69) is 37.7 Å². The van der Waals surface area contributed by atoms with Crippen LogP contribution in [0.2, 0.25) is 0 Å². The molecule has 0 fully saturated rings. The lowest BCUT2D eigenvalue weighted by Gasteiger charge is -2.17. The highest BCUT2D eigenvalue weighted by atomic mass is 16.5. The predicted molar refractivity (Wildman–Crippen MR) is 132 cm³/mol. The fourth-order valence-electron chi connectivity index (χ4n) is 3.10. The van der Waals surface area contributed by atoms with Crippen LogP contribution in [0.15, 0.2) is 52.5 Å². The van der Waals surface area contributed by atoms with E-state index in [4.69, 9.17) is 9.47 Å². The number of carbonyl (C=O) groups excluding carboxylic acids is 1. The van der Waals surface area contributed by atoms with Gasteiger partial charge in [-0.3, -0.25) is 4.79 Å². The number of allylic oxidation sites excluding steroid dienone is 4. The third-order valence-electron chi connectivity index (χ3n) is 4.60. The molecule has 31 heavy (non-hydrogen) atoms. The molecule has 0 radical (unpaired) electrons. The van der Waals surface area contributed by atoms with Gasteiger partial charge in [0.15, 0.2) is 0 Å². The van der Waals surface area contributed by atoms with E-state index in [9.17, 15) is 4.79 Å². The number of nitrogens with zero attached hydrogens (tertiary/aromatic N) is 1. The average Bonchev–Trinajstić information content (AvgIpc) is 2.67. The lowest BCUT2D eigenvalue weighted by Crippen LogP contribution is -2.24. The third kappa shape index (κ3) is 12.9. The fourth-order valence-corrected chi connectivity index (χ4v) is 3.10. The van der Waals surface area contributed by atoms with Crippen molar-refractivity contribution in [2.24, 2.45) is 4.99 Å². The second kappa shape index (κ2) is 16.4. The Kier molecular flexibility index (Phi) is 15.2. The molecule has 0 saturated carbocycles. The van der Waals surface area contributed by atoms with Crippen molar-refractivity contribution < 1.29 is 14.3 Å². The average molecular weight is 433 g/mol. The zero-order chi connectivity index (χ0) is 23.8. The monoisotopic (exact) mass is 432 g/mol. The van der Waals surface area contributed by atoms with Crippen molar-refractivity contribution in [3.05, 3.63) is 47.5 Å². The minimum atomic E-state index is -0.348. The normalized spacial score (nSPS) is 15.4. The van der Waals surface area contributed by atoms with Gasteiger partial charge in [0.2, 0.25) is 5.90 Å². The highest BCUT2D eigenvalue weighted by molar-refractivity contribution is 5.98. The Bertz CT molecular complexity index is 687. The zero-order valence-electron chi connectivity index (χ0n) is 21.0. The van der Waals surface area contributed by atoms with Gasteiger partial charge in [0, 0.05) is 11.8 Å².